The summed E-state index contributed by atoms with van der Waals surface area (Å²) in [6.45, 7) is 0. The summed E-state index contributed by atoms with van der Waals surface area (Å²) in [5, 5.41) is 3.35. The molecule has 3 rings (SSSR count). The third kappa shape index (κ3) is 2.50. The maximum absolute atomic E-state index is 13.1. The average molecular weight is 272 g/mol. The van der Waals surface area contributed by atoms with E-state index in [1.165, 1.54) is 27.9 Å². The highest BCUT2D eigenvalue weighted by Gasteiger charge is 2.11. The molecule has 4 heteroatoms. The van der Waals surface area contributed by atoms with Crippen LogP contribution in [0.1, 0.15) is 17.2 Å². The highest BCUT2D eigenvalue weighted by molar-refractivity contribution is 7.17. The molecule has 1 atom stereocenters. The van der Waals surface area contributed by atoms with Gasteiger partial charge in [0.15, 0.2) is 0 Å². The Kier molecular flexibility index (Phi) is 3.27. The molecule has 0 aliphatic carbocycles. The van der Waals surface area contributed by atoms with Crippen LogP contribution in [0.2, 0.25) is 0 Å². The molecule has 0 amide bonds. The summed E-state index contributed by atoms with van der Waals surface area (Å²) in [6.07, 6.45) is 3.51. The Balaban J connectivity index is 1.89. The van der Waals surface area contributed by atoms with Gasteiger partial charge in [-0.1, -0.05) is 18.2 Å². The summed E-state index contributed by atoms with van der Waals surface area (Å²) < 4.78 is 14.4. The van der Waals surface area contributed by atoms with Gasteiger partial charge in [-0.3, -0.25) is 4.98 Å². The zero-order chi connectivity index (χ0) is 13.2. The van der Waals surface area contributed by atoms with Gasteiger partial charge in [0.25, 0.3) is 0 Å². The molecule has 2 nitrogen and oxygen atoms in total. The summed E-state index contributed by atoms with van der Waals surface area (Å²) in [5.41, 5.74) is 8.08. The Morgan fingerprint density at radius 3 is 2.95 bits per heavy atom. The zero-order valence-corrected chi connectivity index (χ0v) is 11.0. The van der Waals surface area contributed by atoms with E-state index in [1.54, 1.807) is 17.5 Å². The second-order valence-electron chi connectivity index (χ2n) is 4.50. The quantitative estimate of drug-likeness (QED) is 0.790. The molecular weight excluding hydrogens is 259 g/mol. The fourth-order valence-electron chi connectivity index (χ4n) is 2.18. The Bertz CT molecular complexity index is 708. The lowest BCUT2D eigenvalue weighted by Gasteiger charge is -2.11. The average Bonchev–Trinajstić information content (AvgIpc) is 2.82. The lowest BCUT2D eigenvalue weighted by Crippen LogP contribution is -2.13. The van der Waals surface area contributed by atoms with Crippen LogP contribution in [0.5, 0.6) is 0 Å². The number of hydrogen-bond acceptors (Lipinski definition) is 3. The predicted molar refractivity (Wildman–Crippen MR) is 76.7 cm³/mol. The van der Waals surface area contributed by atoms with Gasteiger partial charge in [0.05, 0.1) is 6.20 Å². The van der Waals surface area contributed by atoms with E-state index in [1.807, 2.05) is 12.1 Å². The molecule has 2 aromatic heterocycles. The third-order valence-corrected chi connectivity index (χ3v) is 4.17. The number of halogens is 1. The summed E-state index contributed by atoms with van der Waals surface area (Å²) in [4.78, 5) is 3.84. The molecule has 1 aromatic carbocycles. The summed E-state index contributed by atoms with van der Waals surface area (Å²) >= 11 is 1.71. The van der Waals surface area contributed by atoms with Crippen molar-refractivity contribution in [1.29, 1.82) is 0 Å². The van der Waals surface area contributed by atoms with Crippen LogP contribution >= 0.6 is 11.3 Å². The van der Waals surface area contributed by atoms with E-state index in [9.17, 15) is 4.39 Å². The second kappa shape index (κ2) is 5.07. The van der Waals surface area contributed by atoms with Gasteiger partial charge in [0.2, 0.25) is 0 Å². The molecule has 1 unspecified atom stereocenters. The number of hydrogen-bond donors (Lipinski definition) is 1. The zero-order valence-electron chi connectivity index (χ0n) is 10.2. The first-order valence-corrected chi connectivity index (χ1v) is 6.93. The standard InChI is InChI=1S/C15H13FN2S/c16-12-5-10(7-18-8-12)14(17)6-11-9-19-15-4-2-1-3-13(11)15/h1-5,7-9,14H,6,17H2. The van der Waals surface area contributed by atoms with Crippen LogP contribution < -0.4 is 5.73 Å². The van der Waals surface area contributed by atoms with E-state index in [4.69, 9.17) is 5.73 Å². The van der Waals surface area contributed by atoms with Gasteiger partial charge in [-0.05, 0) is 40.4 Å². The van der Waals surface area contributed by atoms with Crippen LogP contribution in [0.15, 0.2) is 48.1 Å². The van der Waals surface area contributed by atoms with E-state index >= 15 is 0 Å². The molecule has 0 saturated heterocycles. The molecule has 0 radical (unpaired) electrons. The topological polar surface area (TPSA) is 38.9 Å². The Morgan fingerprint density at radius 1 is 1.26 bits per heavy atom. The van der Waals surface area contributed by atoms with Gasteiger partial charge in [-0.15, -0.1) is 11.3 Å². The number of nitrogens with zero attached hydrogens (tertiary/aromatic N) is 1. The number of aromatic nitrogens is 1. The normalized spacial score (nSPS) is 12.7. The number of pyridine rings is 1. The summed E-state index contributed by atoms with van der Waals surface area (Å²) in [7, 11) is 0. The Labute approximate surface area is 114 Å². The van der Waals surface area contributed by atoms with E-state index in [2.05, 4.69) is 22.5 Å². The molecule has 3 aromatic rings. The molecule has 0 fully saturated rings. The Hall–Kier alpha value is -1.78. The monoisotopic (exact) mass is 272 g/mol. The summed E-state index contributed by atoms with van der Waals surface area (Å²) in [6, 6.07) is 9.46. The van der Waals surface area contributed by atoms with Crippen LogP contribution in [0.25, 0.3) is 10.1 Å². The molecule has 2 N–H and O–H groups in total. The number of rotatable bonds is 3. The van der Waals surface area contributed by atoms with Crippen molar-refractivity contribution in [3.05, 3.63) is 65.0 Å². The maximum Gasteiger partial charge on any atom is 0.141 e. The van der Waals surface area contributed by atoms with E-state index in [0.29, 0.717) is 6.42 Å². The largest absolute Gasteiger partial charge is 0.324 e. The van der Waals surface area contributed by atoms with Crippen LogP contribution in [-0.4, -0.2) is 4.98 Å². The number of thiophene rings is 1. The summed E-state index contributed by atoms with van der Waals surface area (Å²) in [5.74, 6) is -0.344. The first-order chi connectivity index (χ1) is 9.24. The molecule has 0 spiro atoms. The van der Waals surface area contributed by atoms with Crippen LogP contribution in [0, 0.1) is 5.82 Å². The van der Waals surface area contributed by atoms with Gasteiger partial charge in [-0.2, -0.15) is 0 Å². The first-order valence-electron chi connectivity index (χ1n) is 6.05. The van der Waals surface area contributed by atoms with E-state index in [-0.39, 0.29) is 11.9 Å². The maximum atomic E-state index is 13.1. The fraction of sp³-hybridized carbons (Fsp3) is 0.133. The van der Waals surface area contributed by atoms with Crippen LogP contribution in [0.4, 0.5) is 4.39 Å². The van der Waals surface area contributed by atoms with Crippen molar-refractivity contribution in [3.8, 4) is 0 Å². The van der Waals surface area contributed by atoms with E-state index in [0.717, 1.165) is 5.56 Å². The molecule has 2 heterocycles. The first kappa shape index (κ1) is 12.3. The minimum absolute atomic E-state index is 0.235. The van der Waals surface area contributed by atoms with Crippen molar-refractivity contribution in [2.24, 2.45) is 5.73 Å². The van der Waals surface area contributed by atoms with Crippen molar-refractivity contribution in [2.45, 2.75) is 12.5 Å². The number of benzene rings is 1. The highest BCUT2D eigenvalue weighted by atomic mass is 32.1. The molecule has 96 valence electrons. The lowest BCUT2D eigenvalue weighted by molar-refractivity contribution is 0.611. The second-order valence-corrected chi connectivity index (χ2v) is 5.42. The molecule has 0 aliphatic heterocycles. The molecule has 19 heavy (non-hydrogen) atoms. The minimum atomic E-state index is -0.344. The third-order valence-electron chi connectivity index (χ3n) is 3.16. The van der Waals surface area contributed by atoms with Crippen molar-refractivity contribution in [2.75, 3.05) is 0 Å². The van der Waals surface area contributed by atoms with Crippen molar-refractivity contribution >= 4 is 21.4 Å². The molecule has 0 saturated carbocycles. The number of nitrogens with two attached hydrogens (primary N) is 1. The lowest BCUT2D eigenvalue weighted by atomic mass is 10.0. The molecule has 0 bridgehead atoms. The molecule has 0 aliphatic rings. The fourth-order valence-corrected chi connectivity index (χ4v) is 3.15. The van der Waals surface area contributed by atoms with Crippen molar-refractivity contribution < 1.29 is 4.39 Å². The van der Waals surface area contributed by atoms with Crippen molar-refractivity contribution in [1.82, 2.24) is 4.98 Å². The minimum Gasteiger partial charge on any atom is -0.324 e. The van der Waals surface area contributed by atoms with Gasteiger partial charge >= 0.3 is 0 Å². The van der Waals surface area contributed by atoms with Gasteiger partial charge < -0.3 is 5.73 Å². The van der Waals surface area contributed by atoms with Gasteiger partial charge in [0, 0.05) is 16.9 Å². The smallest absolute Gasteiger partial charge is 0.141 e. The highest BCUT2D eigenvalue weighted by Crippen LogP contribution is 2.28. The van der Waals surface area contributed by atoms with Crippen LogP contribution in [-0.2, 0) is 6.42 Å². The van der Waals surface area contributed by atoms with Gasteiger partial charge in [0.1, 0.15) is 5.82 Å². The van der Waals surface area contributed by atoms with Gasteiger partial charge in [-0.25, -0.2) is 4.39 Å². The number of fused-ring (bicyclic) bond motifs is 1. The van der Waals surface area contributed by atoms with Crippen molar-refractivity contribution in [3.63, 3.8) is 0 Å². The van der Waals surface area contributed by atoms with Crippen LogP contribution in [0.3, 0.4) is 0 Å². The predicted octanol–water partition coefficient (Wildman–Crippen LogP) is 3.68. The molecular formula is C15H13FN2S. The Morgan fingerprint density at radius 2 is 2.11 bits per heavy atom. The SMILES string of the molecule is NC(Cc1csc2ccccc12)c1cncc(F)c1. The van der Waals surface area contributed by atoms with E-state index < -0.39 is 0 Å².